The number of nitrogens with one attached hydrogen (secondary N) is 2. The van der Waals surface area contributed by atoms with Crippen molar-refractivity contribution in [1.29, 1.82) is 0 Å². The number of hydrogen-bond donors (Lipinski definition) is 2. The first-order valence-corrected chi connectivity index (χ1v) is 6.84. The average molecular weight is 396 g/mol. The van der Waals surface area contributed by atoms with Gasteiger partial charge in [-0.1, -0.05) is 0 Å². The van der Waals surface area contributed by atoms with Crippen molar-refractivity contribution >= 4 is 47.0 Å². The predicted molar refractivity (Wildman–Crippen MR) is 91.0 cm³/mol. The molecule has 0 heterocycles. The van der Waals surface area contributed by atoms with E-state index in [1.165, 1.54) is 0 Å². The molecule has 11 heteroatoms. The third-order valence-electron chi connectivity index (χ3n) is 2.10. The summed E-state index contributed by atoms with van der Waals surface area (Å²) in [5.74, 6) is 0. The Labute approximate surface area is 152 Å². The summed E-state index contributed by atoms with van der Waals surface area (Å²) in [6.45, 7) is 2.95. The Balaban J connectivity index is 0. The van der Waals surface area contributed by atoms with Crippen LogP contribution in [-0.2, 0) is 51.8 Å². The Morgan fingerprint density at radius 1 is 1.00 bits per heavy atom. The molecule has 2 N–H and O–H groups in total. The number of amidine groups is 2. The number of hydrazone groups is 2. The zero-order valence-electron chi connectivity index (χ0n) is 12.8. The summed E-state index contributed by atoms with van der Waals surface area (Å²) in [6, 6.07) is 0. The smallest absolute Gasteiger partial charge is 0.741 e. The van der Waals surface area contributed by atoms with E-state index < -0.39 is 0 Å². The van der Waals surface area contributed by atoms with Gasteiger partial charge in [-0.25, -0.2) is 0 Å². The van der Waals surface area contributed by atoms with E-state index in [2.05, 4.69) is 31.0 Å². The molecule has 0 aliphatic heterocycles. The van der Waals surface area contributed by atoms with Crippen LogP contribution in [0.2, 0.25) is 0 Å². The van der Waals surface area contributed by atoms with Crippen molar-refractivity contribution in [3.8, 4) is 0 Å². The van der Waals surface area contributed by atoms with Crippen molar-refractivity contribution in [2.75, 3.05) is 41.0 Å². The number of methoxy groups -OCH3 is 1. The number of rotatable bonds is 8. The first kappa shape index (κ1) is 23.4. The standard InChI is InChI=1S/C11H22N6O2S2.Cu/c1-8(14-16-10(20)12-2)9(7-19-6-5-18-4)15-17-11(21)13-3;/h5-7H2,1-4H3,(H2,12,16,20)(H2,13,17,21);/q;+2/p-2/b14-8+,15-9+;. The fraction of sp³-hybridized carbons (Fsp3) is 0.636. The van der Waals surface area contributed by atoms with Crippen molar-refractivity contribution in [2.45, 2.75) is 6.92 Å². The number of aliphatic imine (C=N–C) groups is 2. The van der Waals surface area contributed by atoms with Crippen LogP contribution in [-0.4, -0.2) is 62.8 Å². The van der Waals surface area contributed by atoms with Crippen molar-refractivity contribution < 1.29 is 26.5 Å². The van der Waals surface area contributed by atoms with E-state index in [1.54, 1.807) is 28.1 Å². The Morgan fingerprint density at radius 2 is 1.55 bits per heavy atom. The SMILES string of the molecule is CN=C([S-])N/N=C(COCCOC)/C(C)=N/NC([S-])=NC.[Cu+2]. The molecule has 0 fully saturated rings. The molecule has 0 saturated carbocycles. The first-order valence-electron chi connectivity index (χ1n) is 6.02. The van der Waals surface area contributed by atoms with E-state index in [0.29, 0.717) is 24.6 Å². The summed E-state index contributed by atoms with van der Waals surface area (Å²) in [6.07, 6.45) is 0. The second-order valence-corrected chi connectivity index (χ2v) is 4.36. The van der Waals surface area contributed by atoms with Gasteiger partial charge >= 0.3 is 17.1 Å². The monoisotopic (exact) mass is 395 g/mol. The van der Waals surface area contributed by atoms with Crippen molar-refractivity contribution in [3.63, 3.8) is 0 Å². The first-order chi connectivity index (χ1) is 10.0. The molecule has 1 radical (unpaired) electrons. The van der Waals surface area contributed by atoms with Gasteiger partial charge in [-0.2, -0.15) is 10.2 Å². The molecule has 0 rings (SSSR count). The van der Waals surface area contributed by atoms with E-state index in [1.807, 2.05) is 0 Å². The minimum Gasteiger partial charge on any atom is -0.741 e. The fourth-order valence-electron chi connectivity index (χ4n) is 0.940. The number of ether oxygens (including phenoxy) is 2. The minimum absolute atomic E-state index is 0. The molecule has 0 atom stereocenters. The van der Waals surface area contributed by atoms with Crippen LogP contribution in [0.3, 0.4) is 0 Å². The Hall–Kier alpha value is -0.841. The van der Waals surface area contributed by atoms with Gasteiger partial charge in [0.05, 0.1) is 25.5 Å². The van der Waals surface area contributed by atoms with Crippen LogP contribution in [0, 0.1) is 0 Å². The van der Waals surface area contributed by atoms with Crippen LogP contribution in [0.5, 0.6) is 0 Å². The third-order valence-corrected chi connectivity index (χ3v) is 2.65. The van der Waals surface area contributed by atoms with Crippen LogP contribution >= 0.6 is 0 Å². The molecule has 8 nitrogen and oxygen atoms in total. The van der Waals surface area contributed by atoms with Crippen LogP contribution in [0.1, 0.15) is 6.92 Å². The third kappa shape index (κ3) is 11.8. The number of nitrogens with zero attached hydrogens (tertiary/aromatic N) is 4. The predicted octanol–water partition coefficient (Wildman–Crippen LogP) is -0.377. The van der Waals surface area contributed by atoms with E-state index in [0.717, 1.165) is 0 Å². The molecular weight excluding hydrogens is 376 g/mol. The molecule has 0 aliphatic carbocycles. The maximum atomic E-state index is 5.42. The van der Waals surface area contributed by atoms with Crippen LogP contribution in [0.4, 0.5) is 0 Å². The van der Waals surface area contributed by atoms with Crippen molar-refractivity contribution in [3.05, 3.63) is 0 Å². The molecule has 0 amide bonds. The van der Waals surface area contributed by atoms with Crippen LogP contribution in [0.15, 0.2) is 20.2 Å². The largest absolute Gasteiger partial charge is 2.00 e. The Morgan fingerprint density at radius 3 is 2.05 bits per heavy atom. The molecule has 0 aliphatic rings. The van der Waals surface area contributed by atoms with Gasteiger partial charge in [0.1, 0.15) is 5.71 Å². The molecule has 129 valence electrons. The topological polar surface area (TPSA) is 92.0 Å². The summed E-state index contributed by atoms with van der Waals surface area (Å²) >= 11 is 9.79. The zero-order chi connectivity index (χ0) is 16.1. The van der Waals surface area contributed by atoms with E-state index in [-0.39, 0.29) is 34.0 Å². The summed E-state index contributed by atoms with van der Waals surface area (Å²) < 4.78 is 10.3. The molecular formula is C11H20CuN6O2S2. The van der Waals surface area contributed by atoms with Gasteiger partial charge in [0.2, 0.25) is 0 Å². The average Bonchev–Trinajstić information content (AvgIpc) is 2.50. The maximum absolute atomic E-state index is 5.42. The molecule has 0 bridgehead atoms. The van der Waals surface area contributed by atoms with E-state index >= 15 is 0 Å². The Bertz CT molecular complexity index is 429. The maximum Gasteiger partial charge on any atom is 2.00 e. The van der Waals surface area contributed by atoms with Crippen molar-refractivity contribution in [1.82, 2.24) is 10.9 Å². The minimum atomic E-state index is 0. The fourth-order valence-corrected chi connectivity index (χ4v) is 1.03. The van der Waals surface area contributed by atoms with E-state index in [9.17, 15) is 0 Å². The zero-order valence-corrected chi connectivity index (χ0v) is 15.4. The Kier molecular flexibility index (Phi) is 16.0. The summed E-state index contributed by atoms with van der Waals surface area (Å²) in [4.78, 5) is 7.55. The summed E-state index contributed by atoms with van der Waals surface area (Å²) in [5.41, 5.74) is 6.40. The van der Waals surface area contributed by atoms with Crippen molar-refractivity contribution in [2.24, 2.45) is 20.2 Å². The van der Waals surface area contributed by atoms with Gasteiger partial charge in [-0.3, -0.25) is 20.8 Å². The van der Waals surface area contributed by atoms with E-state index in [4.69, 9.17) is 34.7 Å². The summed E-state index contributed by atoms with van der Waals surface area (Å²) in [7, 11) is 4.75. The molecule has 0 unspecified atom stereocenters. The molecule has 0 spiro atoms. The van der Waals surface area contributed by atoms with Gasteiger partial charge in [0.15, 0.2) is 0 Å². The second-order valence-electron chi connectivity index (χ2n) is 3.58. The molecule has 0 saturated heterocycles. The molecule has 0 aromatic heterocycles. The quantitative estimate of drug-likeness (QED) is 0.145. The second kappa shape index (κ2) is 15.1. The normalized spacial score (nSPS) is 13.6. The van der Waals surface area contributed by atoms with Gasteiger partial charge in [0, 0.05) is 21.2 Å². The van der Waals surface area contributed by atoms with Gasteiger partial charge in [-0.15, -0.1) is 0 Å². The molecule has 22 heavy (non-hydrogen) atoms. The molecule has 0 aromatic rings. The van der Waals surface area contributed by atoms with Gasteiger partial charge < -0.3 is 34.7 Å². The summed E-state index contributed by atoms with van der Waals surface area (Å²) in [5, 5.41) is 8.74. The number of hydrogen-bond acceptors (Lipinski definition) is 8. The van der Waals surface area contributed by atoms with Gasteiger partial charge in [0.25, 0.3) is 0 Å². The van der Waals surface area contributed by atoms with Gasteiger partial charge in [-0.05, 0) is 17.3 Å². The molecule has 0 aromatic carbocycles. The van der Waals surface area contributed by atoms with Crippen LogP contribution in [0.25, 0.3) is 0 Å². The van der Waals surface area contributed by atoms with Crippen LogP contribution < -0.4 is 10.9 Å².